The number of carbonyl (C=O) groups excluding carboxylic acids is 11. The zero-order chi connectivity index (χ0) is 94.8. The van der Waals surface area contributed by atoms with Gasteiger partial charge in [0.1, 0.15) is 80.4 Å². The number of hydrogen-bond acceptors (Lipinski definition) is 31. The van der Waals surface area contributed by atoms with Gasteiger partial charge in [-0.05, 0) is 147 Å². The van der Waals surface area contributed by atoms with Crippen LogP contribution in [0.4, 0.5) is 9.59 Å². The van der Waals surface area contributed by atoms with Crippen molar-refractivity contribution in [2.24, 2.45) is 41.4 Å². The molecule has 2 aromatic carbocycles. The number of thioether (sulfide) groups is 1. The molecule has 7 rings (SSSR count). The Kier molecular flexibility index (Phi) is 45.4. The van der Waals surface area contributed by atoms with E-state index in [1.54, 1.807) is 40.9 Å². The van der Waals surface area contributed by atoms with Gasteiger partial charge in [-0.3, -0.25) is 38.4 Å². The predicted octanol–water partition coefficient (Wildman–Crippen LogP) is 6.95. The Labute approximate surface area is 766 Å². The van der Waals surface area contributed by atoms with Crippen molar-refractivity contribution in [1.82, 2.24) is 26.2 Å². The van der Waals surface area contributed by atoms with E-state index in [-0.39, 0.29) is 118 Å². The summed E-state index contributed by atoms with van der Waals surface area (Å²) in [4.78, 5) is 165. The lowest BCUT2D eigenvalue weighted by atomic mass is 9.78. The van der Waals surface area contributed by atoms with Crippen LogP contribution in [-0.4, -0.2) is 298 Å². The number of piperidine rings is 1. The molecule has 0 unspecified atom stereocenters. The zero-order valence-corrected chi connectivity index (χ0v) is 77.9. The number of nitrogens with one attached hydrogen (secondary N) is 4. The van der Waals surface area contributed by atoms with E-state index < -0.39 is 199 Å². The standard InChI is InChI=1S/C92H133N5O29S3/c1-52-21-13-12-14-22-53(2)74(118-9)45-61-31-29-59(8)92(117,126-61)84(108)87(111)97-35-20-19-27-69(97)89(114)125-75(46-70(99)55(4)42-58(7)80(105)83(120-11)79(104)57(6)41-52)56(5)43-60-30-32-73(76(44-60)119-10)121-36-37-122-90(115)123-38-40-128-129-51-68(88(112)113)96-86(110)67(95-85(109)54(3)28-33-77(102)94-48-71(100)81(106)82(107)72(101)49-98)47-93-78(103)34-39-127-91(116)124-50-66-64-25-17-15-23-62(64)63-24-16-18-26-65(63)66/h12-18,21-26,42,52,54-57,59-61,66-69,71-76,80-83,98,100-101,105-107,117H,19-20,27-41,43-51H2,1-11H3,(H,93,103)(H,94,102)(H,95,109)(H,96,110)(H,112,113)/b14-12+,21-13+,53-22+,58-42+/t52-,54+,55-,56-,57-,59-,60+,61+,67+,68+,69+,71+,72-,73-,74+,75+,76-,80-,81-,82-,83+,92-/m1/s1. The second-order valence-corrected chi connectivity index (χ2v) is 37.8. The van der Waals surface area contributed by atoms with E-state index in [2.05, 4.69) is 21.3 Å². The number of amides is 5. The van der Waals surface area contributed by atoms with Crippen molar-refractivity contribution in [2.45, 2.75) is 249 Å². The molecule has 2 saturated heterocycles. The average Bonchev–Trinajstić information content (AvgIpc) is 1.49. The third-order valence-electron chi connectivity index (χ3n) is 24.5. The molecule has 0 aromatic heterocycles. The zero-order valence-electron chi connectivity index (χ0n) is 75.5. The highest BCUT2D eigenvalue weighted by atomic mass is 33.1. The Balaban J connectivity index is 0.903. The number of carbonyl (C=O) groups is 12. The first-order chi connectivity index (χ1) is 61.4. The maximum atomic E-state index is 14.8. The van der Waals surface area contributed by atoms with Crippen molar-refractivity contribution in [3.63, 3.8) is 0 Å². The third-order valence-corrected chi connectivity index (χ3v) is 27.6. The van der Waals surface area contributed by atoms with Crippen LogP contribution in [0.1, 0.15) is 169 Å². The fourth-order valence-corrected chi connectivity index (χ4v) is 19.2. The molecule has 129 heavy (non-hydrogen) atoms. The lowest BCUT2D eigenvalue weighted by Gasteiger charge is -2.42. The van der Waals surface area contributed by atoms with Gasteiger partial charge in [0, 0.05) is 113 Å². The maximum absolute atomic E-state index is 14.8. The third kappa shape index (κ3) is 32.7. The smallest absolute Gasteiger partial charge is 0.480 e. The number of rotatable bonds is 37. The van der Waals surface area contributed by atoms with Crippen molar-refractivity contribution in [3.05, 3.63) is 107 Å². The number of cyclic esters (lactones) is 1. The Morgan fingerprint density at radius 1 is 0.690 bits per heavy atom. The van der Waals surface area contributed by atoms with E-state index >= 15 is 0 Å². The summed E-state index contributed by atoms with van der Waals surface area (Å²) < 4.78 is 52.5. The molecular weight excluding hydrogens is 1740 g/mol. The predicted molar refractivity (Wildman–Crippen MR) is 480 cm³/mol. The second kappa shape index (κ2) is 54.2. The van der Waals surface area contributed by atoms with Crippen molar-refractivity contribution in [3.8, 4) is 11.1 Å². The van der Waals surface area contributed by atoms with Gasteiger partial charge in [0.05, 0.1) is 43.7 Å². The molecular formula is C92H133N5O29S3. The van der Waals surface area contributed by atoms with Crippen LogP contribution in [0.15, 0.2) is 96.1 Å². The van der Waals surface area contributed by atoms with Gasteiger partial charge in [-0.25, -0.2) is 19.2 Å². The maximum Gasteiger partial charge on any atom is 0.508 e. The van der Waals surface area contributed by atoms with Crippen molar-refractivity contribution in [2.75, 3.05) is 91.3 Å². The van der Waals surface area contributed by atoms with Gasteiger partial charge in [-0.2, -0.15) is 0 Å². The molecule has 5 aliphatic rings. The van der Waals surface area contributed by atoms with Gasteiger partial charge < -0.3 is 110 Å². The molecule has 2 aliphatic carbocycles. The number of ether oxygens (including phenoxy) is 9. The number of benzene rings is 2. The summed E-state index contributed by atoms with van der Waals surface area (Å²) in [6.07, 6.45) is 0.335. The molecule has 3 aliphatic heterocycles. The molecule has 1 saturated carbocycles. The Morgan fingerprint density at radius 2 is 1.36 bits per heavy atom. The number of aliphatic hydroxyl groups is 7. The number of aliphatic hydroxyl groups excluding tert-OH is 6. The van der Waals surface area contributed by atoms with Gasteiger partial charge >= 0.3 is 23.4 Å². The Bertz CT molecular complexity index is 4140. The monoisotopic (exact) mass is 1870 g/mol. The van der Waals surface area contributed by atoms with Gasteiger partial charge in [-0.15, -0.1) is 0 Å². The number of carboxylic acid groups (broad SMARTS) is 1. The number of esters is 1. The number of nitrogens with zero attached hydrogens (tertiary/aromatic N) is 1. The number of carboxylic acids is 1. The topological polar surface area (TPSA) is 501 Å². The van der Waals surface area contributed by atoms with Gasteiger partial charge in [0.2, 0.25) is 29.4 Å². The lowest BCUT2D eigenvalue weighted by molar-refractivity contribution is -0.265. The van der Waals surface area contributed by atoms with Crippen LogP contribution < -0.4 is 21.3 Å². The van der Waals surface area contributed by atoms with Crippen LogP contribution in [0.2, 0.25) is 0 Å². The molecule has 718 valence electrons. The molecule has 0 radical (unpaired) electrons. The lowest BCUT2D eigenvalue weighted by Crippen LogP contribution is -2.61. The van der Waals surface area contributed by atoms with Gasteiger partial charge in [0.25, 0.3) is 11.7 Å². The minimum Gasteiger partial charge on any atom is -0.480 e. The van der Waals surface area contributed by atoms with Crippen LogP contribution in [0.5, 0.6) is 0 Å². The van der Waals surface area contributed by atoms with E-state index in [1.807, 2.05) is 99.7 Å². The molecule has 0 spiro atoms. The van der Waals surface area contributed by atoms with Crippen LogP contribution in [0, 0.1) is 41.4 Å². The first-order valence-electron chi connectivity index (χ1n) is 44.3. The van der Waals surface area contributed by atoms with E-state index in [9.17, 15) is 93.3 Å². The van der Waals surface area contributed by atoms with Crippen molar-refractivity contribution >= 4 is 104 Å². The van der Waals surface area contributed by atoms with Gasteiger partial charge in [-0.1, -0.05) is 148 Å². The van der Waals surface area contributed by atoms with Crippen molar-refractivity contribution < 1.29 is 141 Å². The van der Waals surface area contributed by atoms with Crippen LogP contribution in [0.3, 0.4) is 0 Å². The molecule has 3 fully saturated rings. The fourth-order valence-electron chi connectivity index (χ4n) is 16.6. The van der Waals surface area contributed by atoms with E-state index in [4.69, 9.17) is 47.7 Å². The van der Waals surface area contributed by atoms with Crippen LogP contribution in [-0.2, 0) is 90.6 Å². The molecule has 3 heterocycles. The number of aliphatic carboxylic acids is 1. The van der Waals surface area contributed by atoms with Gasteiger partial charge in [0.15, 0.2) is 5.78 Å². The minimum atomic E-state index is -2.52. The quantitative estimate of drug-likeness (QED) is 0.00812. The van der Waals surface area contributed by atoms with Crippen LogP contribution >= 0.6 is 33.3 Å². The summed E-state index contributed by atoms with van der Waals surface area (Å²) >= 11 is 0.761. The number of allylic oxidation sites excluding steroid dienone is 6. The SMILES string of the molecule is CO[C@H]1C[C@@H]2CC[C@@H](C)[C@@](O)(O2)C(=O)C(=O)N2CCCC[C@H]2C(=O)O[C@H]([C@H](C)C[C@@H]2CC[C@@H](OCCOC(=O)OCCSSC[C@H](NC(=O)[C@H](CNC(=O)CCSC(=O)OCC3c4ccccc4-c4ccccc43)NC(=O)[C@@H](C)CCC(=O)NC[C@H](O)[C@@H](O)[C@H](O)[C@H](O)CO)C(=O)O)[C@H](OC)C2)CC(=O)[C@H](C)/C=C(\C)[C@@H](O)[C@@H](OC)C(=O)[C@H](C)C[C@H](C)/C=C/C=C/C=C/1C. The number of fused-ring (bicyclic) bond motifs is 6. The fraction of sp³-hybridized carbons (Fsp3) is 0.652. The van der Waals surface area contributed by atoms with E-state index in [0.717, 1.165) is 66.1 Å². The molecule has 37 heteroatoms. The molecule has 22 atom stereocenters. The van der Waals surface area contributed by atoms with Crippen LogP contribution in [0.25, 0.3) is 11.1 Å². The highest BCUT2D eigenvalue weighted by Crippen LogP contribution is 2.45. The second-order valence-electron chi connectivity index (χ2n) is 34.2. The number of methoxy groups -OCH3 is 3. The van der Waals surface area contributed by atoms with E-state index in [1.165, 1.54) is 21.1 Å². The summed E-state index contributed by atoms with van der Waals surface area (Å²) in [5.74, 6) is -15.0. The Hall–Kier alpha value is -7.99. The highest BCUT2D eigenvalue weighted by molar-refractivity contribution is 8.76. The largest absolute Gasteiger partial charge is 0.508 e. The number of ketones is 3. The number of Topliss-reactive ketones (excluding diaryl/α,β-unsaturated/α-hetero) is 3. The molecule has 5 amide bonds. The summed E-state index contributed by atoms with van der Waals surface area (Å²) in [5.41, 5.74) is 5.26. The molecule has 12 N–H and O–H groups in total. The summed E-state index contributed by atoms with van der Waals surface area (Å²) in [6.45, 7) is 11.4. The first kappa shape index (κ1) is 108. The van der Waals surface area contributed by atoms with E-state index in [0.29, 0.717) is 63.4 Å². The highest BCUT2D eigenvalue weighted by Gasteiger charge is 2.54. The van der Waals surface area contributed by atoms with Crippen molar-refractivity contribution in [1.29, 1.82) is 0 Å². The average molecular weight is 1870 g/mol. The summed E-state index contributed by atoms with van der Waals surface area (Å²) in [5, 5.41) is 92.2. The molecule has 2 bridgehead atoms. The summed E-state index contributed by atoms with van der Waals surface area (Å²) in [7, 11) is 6.53. The summed E-state index contributed by atoms with van der Waals surface area (Å²) in [6, 6.07) is 11.2. The normalized spacial score (nSPS) is 28.0. The number of hydrogen-bond donors (Lipinski definition) is 12. The minimum absolute atomic E-state index is 0.00133. The molecule has 34 nitrogen and oxygen atoms in total. The molecule has 2 aromatic rings. The Morgan fingerprint density at radius 3 is 2.03 bits per heavy atom. The first-order valence-corrected chi connectivity index (χ1v) is 47.7.